The SMILES string of the molecule is CN(C)C(=O)c1ccc(N2CCC([C@@H]3C[C@H]3CN(C)C(=O)[C@@](O)(c3ccccc3)C(F)(F)F)CC2)nc1Cl. The van der Waals surface area contributed by atoms with Crippen molar-refractivity contribution in [1.29, 1.82) is 0 Å². The normalized spacial score (nSPS) is 21.5. The van der Waals surface area contributed by atoms with Crippen molar-refractivity contribution in [2.45, 2.75) is 31.0 Å². The van der Waals surface area contributed by atoms with E-state index in [1.807, 2.05) is 0 Å². The topological polar surface area (TPSA) is 77.0 Å². The molecule has 7 nitrogen and oxygen atoms in total. The number of alkyl halides is 3. The molecular weight excluding hydrogens is 521 g/mol. The number of benzene rings is 1. The van der Waals surface area contributed by atoms with Crippen LogP contribution in [0, 0.1) is 17.8 Å². The number of halogens is 4. The molecule has 1 saturated heterocycles. The molecule has 0 spiro atoms. The molecule has 2 aliphatic rings. The Morgan fingerprint density at radius 3 is 2.26 bits per heavy atom. The molecule has 206 valence electrons. The van der Waals surface area contributed by atoms with E-state index in [0.717, 1.165) is 49.4 Å². The Labute approximate surface area is 225 Å². The molecule has 1 aliphatic heterocycles. The van der Waals surface area contributed by atoms with Crippen molar-refractivity contribution in [2.75, 3.05) is 45.7 Å². The van der Waals surface area contributed by atoms with Crippen LogP contribution >= 0.6 is 11.6 Å². The molecule has 4 rings (SSSR count). The zero-order valence-electron chi connectivity index (χ0n) is 21.6. The fraction of sp³-hybridized carbons (Fsp3) is 0.519. The van der Waals surface area contributed by atoms with Gasteiger partial charge in [-0.15, -0.1) is 0 Å². The molecule has 2 fully saturated rings. The van der Waals surface area contributed by atoms with Crippen molar-refractivity contribution in [2.24, 2.45) is 17.8 Å². The first-order chi connectivity index (χ1) is 17.8. The zero-order chi connectivity index (χ0) is 27.8. The molecule has 1 N–H and O–H groups in total. The van der Waals surface area contributed by atoms with E-state index >= 15 is 0 Å². The van der Waals surface area contributed by atoms with Gasteiger partial charge >= 0.3 is 6.18 Å². The monoisotopic (exact) mass is 552 g/mol. The van der Waals surface area contributed by atoms with Crippen LogP contribution < -0.4 is 4.90 Å². The third-order valence-corrected chi connectivity index (χ3v) is 7.97. The third-order valence-electron chi connectivity index (χ3n) is 7.68. The van der Waals surface area contributed by atoms with Gasteiger partial charge in [-0.2, -0.15) is 13.2 Å². The number of nitrogens with zero attached hydrogens (tertiary/aromatic N) is 4. The summed E-state index contributed by atoms with van der Waals surface area (Å²) in [5.74, 6) is -0.0733. The summed E-state index contributed by atoms with van der Waals surface area (Å²) in [6.45, 7) is 1.65. The molecule has 1 aromatic carbocycles. The number of aliphatic hydroxyl groups is 1. The highest BCUT2D eigenvalue weighted by atomic mass is 35.5. The summed E-state index contributed by atoms with van der Waals surface area (Å²) in [7, 11) is 4.62. The van der Waals surface area contributed by atoms with E-state index in [1.165, 1.54) is 30.1 Å². The number of likely N-dealkylation sites (N-methyl/N-ethyl adjacent to an activating group) is 1. The number of hydrogen-bond acceptors (Lipinski definition) is 5. The van der Waals surface area contributed by atoms with E-state index in [4.69, 9.17) is 11.6 Å². The maximum atomic E-state index is 13.9. The van der Waals surface area contributed by atoms with Gasteiger partial charge in [-0.25, -0.2) is 4.98 Å². The number of anilines is 1. The first-order valence-electron chi connectivity index (χ1n) is 12.6. The highest BCUT2D eigenvalue weighted by Gasteiger charge is 2.62. The second-order valence-corrected chi connectivity index (χ2v) is 10.8. The maximum Gasteiger partial charge on any atom is 0.430 e. The molecule has 0 bridgehead atoms. The van der Waals surface area contributed by atoms with Gasteiger partial charge < -0.3 is 19.8 Å². The van der Waals surface area contributed by atoms with Crippen LogP contribution in [0.2, 0.25) is 5.15 Å². The molecule has 3 atom stereocenters. The molecule has 1 aliphatic carbocycles. The van der Waals surface area contributed by atoms with E-state index in [9.17, 15) is 27.9 Å². The molecule has 11 heteroatoms. The van der Waals surface area contributed by atoms with Gasteiger partial charge in [0.25, 0.3) is 17.4 Å². The summed E-state index contributed by atoms with van der Waals surface area (Å²) in [5, 5.41) is 10.7. The molecule has 2 amide bonds. The number of amides is 2. The molecule has 2 heterocycles. The van der Waals surface area contributed by atoms with E-state index in [1.54, 1.807) is 26.2 Å². The Bertz CT molecular complexity index is 1170. The van der Waals surface area contributed by atoms with E-state index in [-0.39, 0.29) is 23.5 Å². The lowest BCUT2D eigenvalue weighted by atomic mass is 9.90. The molecule has 0 unspecified atom stereocenters. The van der Waals surface area contributed by atoms with Gasteiger partial charge in [0, 0.05) is 46.3 Å². The van der Waals surface area contributed by atoms with Crippen LogP contribution in [0.4, 0.5) is 19.0 Å². The second-order valence-electron chi connectivity index (χ2n) is 10.5. The van der Waals surface area contributed by atoms with Crippen LogP contribution in [0.1, 0.15) is 35.2 Å². The van der Waals surface area contributed by atoms with Crippen LogP contribution in [0.5, 0.6) is 0 Å². The fourth-order valence-corrected chi connectivity index (χ4v) is 5.65. The largest absolute Gasteiger partial charge is 0.430 e. The van der Waals surface area contributed by atoms with Crippen molar-refractivity contribution in [3.05, 3.63) is 58.7 Å². The van der Waals surface area contributed by atoms with Gasteiger partial charge in [-0.3, -0.25) is 9.59 Å². The van der Waals surface area contributed by atoms with Gasteiger partial charge in [0.15, 0.2) is 0 Å². The predicted octanol–water partition coefficient (Wildman–Crippen LogP) is 4.20. The second kappa shape index (κ2) is 10.7. The molecule has 38 heavy (non-hydrogen) atoms. The average Bonchev–Trinajstić information content (AvgIpc) is 3.66. The van der Waals surface area contributed by atoms with Crippen molar-refractivity contribution < 1.29 is 27.9 Å². The van der Waals surface area contributed by atoms with Crippen LogP contribution in [0.25, 0.3) is 0 Å². The Morgan fingerprint density at radius 1 is 1.08 bits per heavy atom. The number of piperidine rings is 1. The summed E-state index contributed by atoms with van der Waals surface area (Å²) < 4.78 is 41.7. The summed E-state index contributed by atoms with van der Waals surface area (Å²) in [6.07, 6.45) is -2.55. The minimum atomic E-state index is -5.15. The Hall–Kier alpha value is -2.85. The summed E-state index contributed by atoms with van der Waals surface area (Å²) >= 11 is 6.26. The highest BCUT2D eigenvalue weighted by Crippen LogP contribution is 2.49. The Balaban J connectivity index is 1.33. The van der Waals surface area contributed by atoms with Crippen molar-refractivity contribution in [3.8, 4) is 0 Å². The number of pyridine rings is 1. The van der Waals surface area contributed by atoms with Gasteiger partial charge in [-0.05, 0) is 49.1 Å². The number of aromatic nitrogens is 1. The number of hydrogen-bond donors (Lipinski definition) is 1. The van der Waals surface area contributed by atoms with Crippen molar-refractivity contribution in [3.63, 3.8) is 0 Å². The molecule has 1 aromatic heterocycles. The zero-order valence-corrected chi connectivity index (χ0v) is 22.3. The van der Waals surface area contributed by atoms with Gasteiger partial charge in [-0.1, -0.05) is 41.9 Å². The molecule has 1 saturated carbocycles. The molecule has 2 aromatic rings. The van der Waals surface area contributed by atoms with Crippen molar-refractivity contribution in [1.82, 2.24) is 14.8 Å². The Kier molecular flexibility index (Phi) is 7.95. The lowest BCUT2D eigenvalue weighted by Crippen LogP contribution is -2.55. The van der Waals surface area contributed by atoms with Crippen molar-refractivity contribution >= 4 is 29.2 Å². The number of carbonyl (C=O) groups is 2. The Morgan fingerprint density at radius 2 is 1.71 bits per heavy atom. The van der Waals surface area contributed by atoms with Crippen LogP contribution in [0.3, 0.4) is 0 Å². The predicted molar refractivity (Wildman–Crippen MR) is 138 cm³/mol. The van der Waals surface area contributed by atoms with Crippen LogP contribution in [0.15, 0.2) is 42.5 Å². The first-order valence-corrected chi connectivity index (χ1v) is 13.0. The lowest BCUT2D eigenvalue weighted by Gasteiger charge is -2.34. The fourth-order valence-electron chi connectivity index (χ4n) is 5.41. The van der Waals surface area contributed by atoms with Gasteiger partial charge in [0.1, 0.15) is 11.0 Å². The van der Waals surface area contributed by atoms with Gasteiger partial charge in [0.05, 0.1) is 5.56 Å². The minimum Gasteiger partial charge on any atom is -0.369 e. The van der Waals surface area contributed by atoms with Crippen LogP contribution in [-0.4, -0.2) is 78.7 Å². The van der Waals surface area contributed by atoms with Gasteiger partial charge in [0.2, 0.25) is 0 Å². The quantitative estimate of drug-likeness (QED) is 0.521. The van der Waals surface area contributed by atoms with Crippen LogP contribution in [-0.2, 0) is 10.4 Å². The summed E-state index contributed by atoms with van der Waals surface area (Å²) in [4.78, 5) is 34.1. The van der Waals surface area contributed by atoms with E-state index in [0.29, 0.717) is 23.2 Å². The van der Waals surface area contributed by atoms with E-state index < -0.39 is 23.2 Å². The standard InChI is InChI=1S/C27H32ClF3N4O3/c1-33(2)24(36)20-9-10-22(32-23(20)28)35-13-11-17(12-14-35)21-15-18(21)16-34(3)25(37)26(38,27(29,30)31)19-7-5-4-6-8-19/h4-10,17-18,21,38H,11-16H2,1-3H3/t18-,21-,26-/m0/s1. The summed E-state index contributed by atoms with van der Waals surface area (Å²) in [5.41, 5.74) is -3.73. The van der Waals surface area contributed by atoms with E-state index in [2.05, 4.69) is 9.88 Å². The number of rotatable bonds is 7. The molecule has 0 radical (unpaired) electrons. The molecular formula is C27H32ClF3N4O3. The smallest absolute Gasteiger partial charge is 0.369 e. The first kappa shape index (κ1) is 28.2. The maximum absolute atomic E-state index is 13.9. The third kappa shape index (κ3) is 5.47. The highest BCUT2D eigenvalue weighted by molar-refractivity contribution is 6.32. The average molecular weight is 553 g/mol. The number of carbonyl (C=O) groups excluding carboxylic acids is 2. The minimum absolute atomic E-state index is 0.0951. The lowest BCUT2D eigenvalue weighted by molar-refractivity contribution is -0.261. The summed E-state index contributed by atoms with van der Waals surface area (Å²) in [6, 6.07) is 9.96.